The zero-order valence-electron chi connectivity index (χ0n) is 11.8. The van der Waals surface area contributed by atoms with E-state index in [-0.39, 0.29) is 19.1 Å². The Morgan fingerprint density at radius 1 is 1.32 bits per heavy atom. The SMILES string of the molecule is O=C(O)C1COCCN1C(=O)/C=C/c1cc2ccccc2o1. The molecule has 1 aliphatic rings. The highest BCUT2D eigenvalue weighted by atomic mass is 16.5. The molecular formula is C16H15NO5. The number of hydrogen-bond acceptors (Lipinski definition) is 4. The van der Waals surface area contributed by atoms with Gasteiger partial charge in [0.25, 0.3) is 0 Å². The number of hydrogen-bond donors (Lipinski definition) is 1. The van der Waals surface area contributed by atoms with Crippen molar-refractivity contribution in [2.45, 2.75) is 6.04 Å². The van der Waals surface area contributed by atoms with E-state index in [0.29, 0.717) is 12.4 Å². The Morgan fingerprint density at radius 2 is 2.14 bits per heavy atom. The van der Waals surface area contributed by atoms with Crippen LogP contribution in [0.3, 0.4) is 0 Å². The molecular weight excluding hydrogens is 286 g/mol. The molecule has 1 unspecified atom stereocenters. The van der Waals surface area contributed by atoms with Crippen molar-refractivity contribution in [1.82, 2.24) is 4.90 Å². The van der Waals surface area contributed by atoms with E-state index < -0.39 is 12.0 Å². The van der Waals surface area contributed by atoms with Crippen molar-refractivity contribution in [1.29, 1.82) is 0 Å². The van der Waals surface area contributed by atoms with Crippen LogP contribution >= 0.6 is 0 Å². The Hall–Kier alpha value is -2.60. The molecule has 1 aromatic carbocycles. The monoisotopic (exact) mass is 301 g/mol. The number of nitrogens with zero attached hydrogens (tertiary/aromatic N) is 1. The molecule has 0 radical (unpaired) electrons. The molecule has 6 nitrogen and oxygen atoms in total. The van der Waals surface area contributed by atoms with E-state index in [0.717, 1.165) is 11.0 Å². The van der Waals surface area contributed by atoms with Crippen LogP contribution in [-0.2, 0) is 14.3 Å². The molecule has 1 fully saturated rings. The normalized spacial score (nSPS) is 18.9. The number of carboxylic acid groups (broad SMARTS) is 1. The van der Waals surface area contributed by atoms with Crippen molar-refractivity contribution in [3.8, 4) is 0 Å². The quantitative estimate of drug-likeness (QED) is 0.874. The fraction of sp³-hybridized carbons (Fsp3) is 0.250. The van der Waals surface area contributed by atoms with Gasteiger partial charge in [0.1, 0.15) is 11.3 Å². The van der Waals surface area contributed by atoms with Crippen molar-refractivity contribution < 1.29 is 23.8 Å². The Kier molecular flexibility index (Phi) is 3.93. The first-order valence-electron chi connectivity index (χ1n) is 6.93. The second kappa shape index (κ2) is 6.03. The number of fused-ring (bicyclic) bond motifs is 1. The van der Waals surface area contributed by atoms with E-state index >= 15 is 0 Å². The van der Waals surface area contributed by atoms with Gasteiger partial charge in [-0.05, 0) is 18.2 Å². The molecule has 0 spiro atoms. The van der Waals surface area contributed by atoms with E-state index in [9.17, 15) is 9.59 Å². The summed E-state index contributed by atoms with van der Waals surface area (Å²) >= 11 is 0. The number of furan rings is 1. The molecule has 1 atom stereocenters. The van der Waals surface area contributed by atoms with Crippen molar-refractivity contribution in [2.75, 3.05) is 19.8 Å². The minimum absolute atomic E-state index is 0.0134. The summed E-state index contributed by atoms with van der Waals surface area (Å²) in [6, 6.07) is 8.42. The summed E-state index contributed by atoms with van der Waals surface area (Å²) in [6.45, 7) is 0.619. The van der Waals surface area contributed by atoms with Gasteiger partial charge in [-0.1, -0.05) is 18.2 Å². The summed E-state index contributed by atoms with van der Waals surface area (Å²) in [7, 11) is 0. The number of aliphatic carboxylic acids is 1. The molecule has 1 N–H and O–H groups in total. The van der Waals surface area contributed by atoms with Crippen LogP contribution in [0.2, 0.25) is 0 Å². The van der Waals surface area contributed by atoms with Crippen LogP contribution in [0.1, 0.15) is 5.76 Å². The lowest BCUT2D eigenvalue weighted by Gasteiger charge is -2.31. The van der Waals surface area contributed by atoms with Crippen LogP contribution in [0.25, 0.3) is 17.0 Å². The smallest absolute Gasteiger partial charge is 0.328 e. The first kappa shape index (κ1) is 14.3. The first-order valence-corrected chi connectivity index (χ1v) is 6.93. The zero-order chi connectivity index (χ0) is 15.5. The molecule has 114 valence electrons. The number of amides is 1. The van der Waals surface area contributed by atoms with Gasteiger partial charge in [-0.15, -0.1) is 0 Å². The van der Waals surface area contributed by atoms with Gasteiger partial charge >= 0.3 is 5.97 Å². The molecule has 0 bridgehead atoms. The molecule has 2 heterocycles. The molecule has 3 rings (SSSR count). The molecule has 1 saturated heterocycles. The predicted octanol–water partition coefficient (Wildman–Crippen LogP) is 1.76. The van der Waals surface area contributed by atoms with Crippen molar-refractivity contribution in [3.05, 3.63) is 42.2 Å². The summed E-state index contributed by atoms with van der Waals surface area (Å²) in [6.07, 6.45) is 2.88. The van der Waals surface area contributed by atoms with Crippen LogP contribution in [0.5, 0.6) is 0 Å². The van der Waals surface area contributed by atoms with E-state index in [1.807, 2.05) is 30.3 Å². The Labute approximate surface area is 126 Å². The number of carboxylic acids is 1. The molecule has 1 aromatic heterocycles. The highest BCUT2D eigenvalue weighted by Crippen LogP contribution is 2.20. The lowest BCUT2D eigenvalue weighted by molar-refractivity contribution is -0.156. The summed E-state index contributed by atoms with van der Waals surface area (Å²) in [5, 5.41) is 10.1. The van der Waals surface area contributed by atoms with Crippen LogP contribution < -0.4 is 0 Å². The Bertz CT molecular complexity index is 700. The maximum absolute atomic E-state index is 12.2. The number of rotatable bonds is 3. The molecule has 6 heteroatoms. The number of carbonyl (C=O) groups is 2. The molecule has 0 aliphatic carbocycles. The third-order valence-electron chi connectivity index (χ3n) is 3.53. The first-order chi connectivity index (χ1) is 10.6. The Balaban J connectivity index is 1.76. The zero-order valence-corrected chi connectivity index (χ0v) is 11.8. The highest BCUT2D eigenvalue weighted by Gasteiger charge is 2.31. The second-order valence-corrected chi connectivity index (χ2v) is 4.98. The predicted molar refractivity (Wildman–Crippen MR) is 79.2 cm³/mol. The molecule has 22 heavy (non-hydrogen) atoms. The lowest BCUT2D eigenvalue weighted by atomic mass is 10.2. The van der Waals surface area contributed by atoms with Gasteiger partial charge in [-0.3, -0.25) is 4.79 Å². The van der Waals surface area contributed by atoms with Gasteiger partial charge in [-0.2, -0.15) is 0 Å². The summed E-state index contributed by atoms with van der Waals surface area (Å²) in [5.74, 6) is -0.879. The topological polar surface area (TPSA) is 80.0 Å². The lowest BCUT2D eigenvalue weighted by Crippen LogP contribution is -2.52. The van der Waals surface area contributed by atoms with Crippen molar-refractivity contribution in [2.24, 2.45) is 0 Å². The van der Waals surface area contributed by atoms with E-state index in [1.165, 1.54) is 11.0 Å². The van der Waals surface area contributed by atoms with Gasteiger partial charge < -0.3 is 19.2 Å². The minimum atomic E-state index is -1.06. The van der Waals surface area contributed by atoms with Crippen LogP contribution in [-0.4, -0.2) is 47.7 Å². The largest absolute Gasteiger partial charge is 0.480 e. The number of ether oxygens (including phenoxy) is 1. The van der Waals surface area contributed by atoms with Gasteiger partial charge in [-0.25, -0.2) is 4.79 Å². The van der Waals surface area contributed by atoms with Crippen molar-refractivity contribution in [3.63, 3.8) is 0 Å². The van der Waals surface area contributed by atoms with E-state index in [1.54, 1.807) is 6.08 Å². The van der Waals surface area contributed by atoms with Crippen LogP contribution in [0, 0.1) is 0 Å². The van der Waals surface area contributed by atoms with Crippen molar-refractivity contribution >= 4 is 28.9 Å². The fourth-order valence-electron chi connectivity index (χ4n) is 2.41. The maximum Gasteiger partial charge on any atom is 0.328 e. The van der Waals surface area contributed by atoms with Gasteiger partial charge in [0.15, 0.2) is 6.04 Å². The third-order valence-corrected chi connectivity index (χ3v) is 3.53. The molecule has 1 amide bonds. The third kappa shape index (κ3) is 2.87. The summed E-state index contributed by atoms with van der Waals surface area (Å²) in [5.41, 5.74) is 0.740. The Morgan fingerprint density at radius 3 is 2.91 bits per heavy atom. The molecule has 2 aromatic rings. The summed E-state index contributed by atoms with van der Waals surface area (Å²) in [4.78, 5) is 24.6. The number of para-hydroxylation sites is 1. The van der Waals surface area contributed by atoms with Gasteiger partial charge in [0, 0.05) is 18.0 Å². The number of carbonyl (C=O) groups excluding carboxylic acids is 1. The number of morpholine rings is 1. The minimum Gasteiger partial charge on any atom is -0.480 e. The van der Waals surface area contributed by atoms with Crippen LogP contribution in [0.4, 0.5) is 0 Å². The number of benzene rings is 1. The second-order valence-electron chi connectivity index (χ2n) is 4.98. The maximum atomic E-state index is 12.2. The van der Waals surface area contributed by atoms with E-state index in [2.05, 4.69) is 0 Å². The van der Waals surface area contributed by atoms with E-state index in [4.69, 9.17) is 14.3 Å². The average Bonchev–Trinajstić information content (AvgIpc) is 2.95. The van der Waals surface area contributed by atoms with Gasteiger partial charge in [0.2, 0.25) is 5.91 Å². The average molecular weight is 301 g/mol. The molecule has 0 saturated carbocycles. The standard InChI is InChI=1S/C16H15NO5/c18-15(17-7-8-21-10-13(17)16(19)20)6-5-12-9-11-3-1-2-4-14(11)22-12/h1-6,9,13H,7-8,10H2,(H,19,20)/b6-5+. The van der Waals surface area contributed by atoms with Gasteiger partial charge in [0.05, 0.1) is 13.2 Å². The summed E-state index contributed by atoms with van der Waals surface area (Å²) < 4.78 is 10.7. The van der Waals surface area contributed by atoms with Crippen LogP contribution in [0.15, 0.2) is 40.8 Å². The fourth-order valence-corrected chi connectivity index (χ4v) is 2.41. The molecule has 1 aliphatic heterocycles. The highest BCUT2D eigenvalue weighted by molar-refractivity contribution is 5.94.